The lowest BCUT2D eigenvalue weighted by Gasteiger charge is -2.06. The Morgan fingerprint density at radius 1 is 1.00 bits per heavy atom. The highest BCUT2D eigenvalue weighted by atomic mass is 35.5. The van der Waals surface area contributed by atoms with Gasteiger partial charge in [0, 0.05) is 18.0 Å². The molecule has 19 heavy (non-hydrogen) atoms. The van der Waals surface area contributed by atoms with Gasteiger partial charge in [-0.15, -0.1) is 0 Å². The number of hydrogen-bond donors (Lipinski definition) is 0. The van der Waals surface area contributed by atoms with Crippen LogP contribution in [0, 0.1) is 0 Å². The summed E-state index contributed by atoms with van der Waals surface area (Å²) < 4.78 is 7.31. The Hall–Kier alpha value is -1.93. The summed E-state index contributed by atoms with van der Waals surface area (Å²) in [5.74, 6) is 0.846. The molecule has 1 heterocycles. The van der Waals surface area contributed by atoms with Gasteiger partial charge >= 0.3 is 0 Å². The number of benzene rings is 2. The molecule has 2 nitrogen and oxygen atoms in total. The van der Waals surface area contributed by atoms with E-state index in [1.54, 1.807) is 7.11 Å². The summed E-state index contributed by atoms with van der Waals surface area (Å²) in [5, 5.41) is 1.88. The molecule has 0 atom stereocenters. The standard InChI is InChI=1S/C16H14ClNO/c1-18-14-6-4-3-5-13(14)15(17)16(18)11-7-9-12(19-2)10-8-11/h3-10H,1-2H3. The number of fused-ring (bicyclic) bond motifs is 1. The maximum absolute atomic E-state index is 6.52. The zero-order valence-corrected chi connectivity index (χ0v) is 11.6. The average molecular weight is 272 g/mol. The van der Waals surface area contributed by atoms with Crippen LogP contribution in [-0.4, -0.2) is 11.7 Å². The topological polar surface area (TPSA) is 14.2 Å². The zero-order chi connectivity index (χ0) is 13.4. The van der Waals surface area contributed by atoms with Gasteiger partial charge in [-0.1, -0.05) is 29.8 Å². The molecule has 3 aromatic rings. The molecule has 0 aliphatic carbocycles. The number of halogens is 1. The third-order valence-electron chi connectivity index (χ3n) is 3.41. The SMILES string of the molecule is COc1ccc(-c2c(Cl)c3ccccc3n2C)cc1. The summed E-state index contributed by atoms with van der Waals surface area (Å²) >= 11 is 6.52. The number of rotatable bonds is 2. The van der Waals surface area contributed by atoms with E-state index in [1.807, 2.05) is 49.5 Å². The van der Waals surface area contributed by atoms with E-state index in [0.717, 1.165) is 32.9 Å². The van der Waals surface area contributed by atoms with Crippen molar-refractivity contribution < 1.29 is 4.74 Å². The van der Waals surface area contributed by atoms with E-state index in [1.165, 1.54) is 0 Å². The highest BCUT2D eigenvalue weighted by molar-refractivity contribution is 6.38. The van der Waals surface area contributed by atoms with Gasteiger partial charge in [0.05, 0.1) is 17.8 Å². The predicted octanol–water partition coefficient (Wildman–Crippen LogP) is 4.51. The minimum Gasteiger partial charge on any atom is -0.497 e. The van der Waals surface area contributed by atoms with E-state index in [-0.39, 0.29) is 0 Å². The fraction of sp³-hybridized carbons (Fsp3) is 0.125. The molecule has 3 rings (SSSR count). The lowest BCUT2D eigenvalue weighted by atomic mass is 10.1. The van der Waals surface area contributed by atoms with Gasteiger partial charge in [0.15, 0.2) is 0 Å². The van der Waals surface area contributed by atoms with Crippen molar-refractivity contribution in [3.05, 3.63) is 53.6 Å². The lowest BCUT2D eigenvalue weighted by molar-refractivity contribution is 0.415. The summed E-state index contributed by atoms with van der Waals surface area (Å²) in [6.45, 7) is 0. The Morgan fingerprint density at radius 3 is 2.32 bits per heavy atom. The van der Waals surface area contributed by atoms with E-state index in [4.69, 9.17) is 16.3 Å². The molecule has 0 aliphatic heterocycles. The van der Waals surface area contributed by atoms with Crippen molar-refractivity contribution in [3.8, 4) is 17.0 Å². The molecule has 2 aromatic carbocycles. The summed E-state index contributed by atoms with van der Waals surface area (Å²) in [4.78, 5) is 0. The second kappa shape index (κ2) is 4.63. The van der Waals surface area contributed by atoms with Crippen LogP contribution in [0.1, 0.15) is 0 Å². The monoisotopic (exact) mass is 271 g/mol. The first-order valence-corrected chi connectivity index (χ1v) is 6.47. The van der Waals surface area contributed by atoms with Crippen LogP contribution in [0.3, 0.4) is 0 Å². The second-order valence-electron chi connectivity index (χ2n) is 4.47. The average Bonchev–Trinajstić information content (AvgIpc) is 2.72. The fourth-order valence-electron chi connectivity index (χ4n) is 2.42. The largest absolute Gasteiger partial charge is 0.497 e. The molecule has 0 spiro atoms. The highest BCUT2D eigenvalue weighted by Crippen LogP contribution is 2.37. The van der Waals surface area contributed by atoms with Gasteiger partial charge in [-0.25, -0.2) is 0 Å². The second-order valence-corrected chi connectivity index (χ2v) is 4.85. The number of ether oxygens (including phenoxy) is 1. The zero-order valence-electron chi connectivity index (χ0n) is 10.9. The smallest absolute Gasteiger partial charge is 0.118 e. The van der Waals surface area contributed by atoms with Gasteiger partial charge in [-0.05, 0) is 35.9 Å². The first-order valence-electron chi connectivity index (χ1n) is 6.09. The number of para-hydroxylation sites is 1. The molecule has 96 valence electrons. The molecular formula is C16H14ClNO. The normalized spacial score (nSPS) is 10.9. The van der Waals surface area contributed by atoms with Gasteiger partial charge in [0.1, 0.15) is 5.75 Å². The molecule has 0 aliphatic rings. The Balaban J connectivity index is 2.24. The molecule has 3 heteroatoms. The summed E-state index contributed by atoms with van der Waals surface area (Å²) in [5.41, 5.74) is 3.26. The van der Waals surface area contributed by atoms with Gasteiger partial charge in [0.25, 0.3) is 0 Å². The minimum absolute atomic E-state index is 0.795. The van der Waals surface area contributed by atoms with E-state index in [2.05, 4.69) is 10.6 Å². The third kappa shape index (κ3) is 1.89. The molecule has 0 N–H and O–H groups in total. The van der Waals surface area contributed by atoms with Crippen molar-refractivity contribution in [1.82, 2.24) is 4.57 Å². The van der Waals surface area contributed by atoms with Crippen molar-refractivity contribution in [2.24, 2.45) is 7.05 Å². The van der Waals surface area contributed by atoms with Gasteiger partial charge in [-0.2, -0.15) is 0 Å². The van der Waals surface area contributed by atoms with Crippen molar-refractivity contribution in [2.75, 3.05) is 7.11 Å². The number of hydrogen-bond acceptors (Lipinski definition) is 1. The first kappa shape index (κ1) is 12.1. The Morgan fingerprint density at radius 2 is 1.68 bits per heavy atom. The van der Waals surface area contributed by atoms with Crippen molar-refractivity contribution in [1.29, 1.82) is 0 Å². The number of nitrogens with zero attached hydrogens (tertiary/aromatic N) is 1. The van der Waals surface area contributed by atoms with E-state index >= 15 is 0 Å². The molecule has 1 aromatic heterocycles. The summed E-state index contributed by atoms with van der Waals surface area (Å²) in [6, 6.07) is 16.1. The number of methoxy groups -OCH3 is 1. The summed E-state index contributed by atoms with van der Waals surface area (Å²) in [7, 11) is 3.70. The lowest BCUT2D eigenvalue weighted by Crippen LogP contribution is -1.91. The highest BCUT2D eigenvalue weighted by Gasteiger charge is 2.14. The van der Waals surface area contributed by atoms with Crippen molar-refractivity contribution in [2.45, 2.75) is 0 Å². The van der Waals surface area contributed by atoms with E-state index < -0.39 is 0 Å². The molecule has 0 saturated heterocycles. The van der Waals surface area contributed by atoms with Crippen LogP contribution in [0.5, 0.6) is 5.75 Å². The Bertz CT molecular complexity index is 689. The van der Waals surface area contributed by atoms with Gasteiger partial charge in [-0.3, -0.25) is 0 Å². The van der Waals surface area contributed by atoms with E-state index in [0.29, 0.717) is 0 Å². The quantitative estimate of drug-likeness (QED) is 0.669. The van der Waals surface area contributed by atoms with Crippen LogP contribution in [0.4, 0.5) is 0 Å². The van der Waals surface area contributed by atoms with Gasteiger partial charge < -0.3 is 9.30 Å². The minimum atomic E-state index is 0.795. The third-order valence-corrected chi connectivity index (χ3v) is 3.79. The maximum Gasteiger partial charge on any atom is 0.118 e. The Labute approximate surface area is 117 Å². The molecule has 0 radical (unpaired) electrons. The molecule has 0 amide bonds. The van der Waals surface area contributed by atoms with Crippen LogP contribution in [0.2, 0.25) is 5.02 Å². The number of aryl methyl sites for hydroxylation is 1. The predicted molar refractivity (Wildman–Crippen MR) is 79.9 cm³/mol. The molecule has 0 saturated carbocycles. The molecule has 0 unspecified atom stereocenters. The summed E-state index contributed by atoms with van der Waals surface area (Å²) in [6.07, 6.45) is 0. The van der Waals surface area contributed by atoms with Gasteiger partial charge in [0.2, 0.25) is 0 Å². The van der Waals surface area contributed by atoms with Crippen LogP contribution < -0.4 is 4.74 Å². The Kier molecular flexibility index (Phi) is 2.96. The molecule has 0 bridgehead atoms. The first-order chi connectivity index (χ1) is 9.22. The fourth-order valence-corrected chi connectivity index (χ4v) is 2.81. The maximum atomic E-state index is 6.52. The van der Waals surface area contributed by atoms with Crippen LogP contribution in [-0.2, 0) is 7.05 Å². The van der Waals surface area contributed by atoms with Crippen molar-refractivity contribution >= 4 is 22.5 Å². The molecule has 0 fully saturated rings. The van der Waals surface area contributed by atoms with Crippen LogP contribution >= 0.6 is 11.6 Å². The van der Waals surface area contributed by atoms with E-state index in [9.17, 15) is 0 Å². The number of aromatic nitrogens is 1. The molecular weight excluding hydrogens is 258 g/mol. The van der Waals surface area contributed by atoms with Crippen LogP contribution in [0.15, 0.2) is 48.5 Å². The van der Waals surface area contributed by atoms with Crippen LogP contribution in [0.25, 0.3) is 22.2 Å². The van der Waals surface area contributed by atoms with Crippen molar-refractivity contribution in [3.63, 3.8) is 0 Å².